The van der Waals surface area contributed by atoms with Crippen LogP contribution in [0.3, 0.4) is 0 Å². The minimum absolute atomic E-state index is 0.0592. The molecule has 3 rings (SSSR count). The van der Waals surface area contributed by atoms with Crippen LogP contribution in [-0.4, -0.2) is 38.9 Å². The molecule has 0 N–H and O–H groups in total. The quantitative estimate of drug-likeness (QED) is 0.649. The normalized spacial score (nSPS) is 18.0. The maximum atomic E-state index is 13.0. The van der Waals surface area contributed by atoms with E-state index in [1.54, 1.807) is 0 Å². The lowest BCUT2D eigenvalue weighted by Gasteiger charge is -2.32. The van der Waals surface area contributed by atoms with E-state index in [4.69, 9.17) is 27.9 Å². The Morgan fingerprint density at radius 3 is 2.68 bits per heavy atom. The highest BCUT2D eigenvalue weighted by Crippen LogP contribution is 2.32. The second kappa shape index (κ2) is 8.82. The molecule has 0 amide bonds. The van der Waals surface area contributed by atoms with Crippen molar-refractivity contribution in [1.82, 2.24) is 4.31 Å². The second-order valence-corrected chi connectivity index (χ2v) is 9.53. The standard InChI is InChI=1S/C20H21Cl2NO4S/c1-27-20(24)11-14-4-2-5-15(10-14)16-6-3-9-23(13-16)28(25,26)17-7-8-18(21)19(22)12-17/h2,4-5,7-8,10,12,16H,3,6,9,11,13H2,1H3. The molecule has 1 saturated heterocycles. The molecule has 1 unspecified atom stereocenters. The first-order valence-corrected chi connectivity index (χ1v) is 11.1. The van der Waals surface area contributed by atoms with Gasteiger partial charge in [0.15, 0.2) is 0 Å². The van der Waals surface area contributed by atoms with Crippen LogP contribution in [-0.2, 0) is 26.0 Å². The van der Waals surface area contributed by atoms with Gasteiger partial charge in [-0.25, -0.2) is 8.42 Å². The van der Waals surface area contributed by atoms with Gasteiger partial charge < -0.3 is 4.74 Å². The van der Waals surface area contributed by atoms with E-state index in [2.05, 4.69) is 0 Å². The van der Waals surface area contributed by atoms with Crippen molar-refractivity contribution in [3.05, 3.63) is 63.6 Å². The van der Waals surface area contributed by atoms with Crippen molar-refractivity contribution < 1.29 is 17.9 Å². The molecule has 1 heterocycles. The van der Waals surface area contributed by atoms with Crippen molar-refractivity contribution in [2.45, 2.75) is 30.1 Å². The predicted molar refractivity (Wildman–Crippen MR) is 109 cm³/mol. The largest absolute Gasteiger partial charge is 0.469 e. The molecule has 150 valence electrons. The number of ether oxygens (including phenoxy) is 1. The zero-order valence-corrected chi connectivity index (χ0v) is 17.7. The molecule has 0 spiro atoms. The lowest BCUT2D eigenvalue weighted by atomic mass is 9.90. The molecule has 2 aromatic carbocycles. The number of halogens is 2. The molecule has 0 bridgehead atoms. The van der Waals surface area contributed by atoms with E-state index in [0.29, 0.717) is 18.1 Å². The first-order chi connectivity index (χ1) is 13.3. The van der Waals surface area contributed by atoms with E-state index in [-0.39, 0.29) is 28.2 Å². The number of hydrogen-bond donors (Lipinski definition) is 0. The molecule has 0 saturated carbocycles. The average molecular weight is 442 g/mol. The number of carbonyl (C=O) groups is 1. The van der Waals surface area contributed by atoms with Crippen molar-refractivity contribution in [2.24, 2.45) is 0 Å². The van der Waals surface area contributed by atoms with Gasteiger partial charge in [-0.15, -0.1) is 0 Å². The molecule has 0 aromatic heterocycles. The van der Waals surface area contributed by atoms with Gasteiger partial charge in [0.05, 0.1) is 28.5 Å². The first-order valence-electron chi connectivity index (χ1n) is 8.92. The van der Waals surface area contributed by atoms with Gasteiger partial charge in [-0.3, -0.25) is 4.79 Å². The number of nitrogens with zero attached hydrogens (tertiary/aromatic N) is 1. The summed E-state index contributed by atoms with van der Waals surface area (Å²) < 4.78 is 32.3. The smallest absolute Gasteiger partial charge is 0.309 e. The SMILES string of the molecule is COC(=O)Cc1cccc(C2CCCN(S(=O)(=O)c3ccc(Cl)c(Cl)c3)C2)c1. The predicted octanol–water partition coefficient (Wildman–Crippen LogP) is 4.28. The monoisotopic (exact) mass is 441 g/mol. The Morgan fingerprint density at radius 2 is 1.96 bits per heavy atom. The number of hydrogen-bond acceptors (Lipinski definition) is 4. The summed E-state index contributed by atoms with van der Waals surface area (Å²) in [5.74, 6) is -0.242. The van der Waals surface area contributed by atoms with Gasteiger partial charge in [0, 0.05) is 13.1 Å². The maximum Gasteiger partial charge on any atom is 0.309 e. The van der Waals surface area contributed by atoms with Crippen LogP contribution in [0.5, 0.6) is 0 Å². The maximum absolute atomic E-state index is 13.0. The third kappa shape index (κ3) is 4.69. The average Bonchev–Trinajstić information content (AvgIpc) is 2.70. The Morgan fingerprint density at radius 1 is 1.18 bits per heavy atom. The first kappa shape index (κ1) is 21.1. The van der Waals surface area contributed by atoms with Crippen LogP contribution in [0.15, 0.2) is 47.4 Å². The van der Waals surface area contributed by atoms with Crippen molar-refractivity contribution >= 4 is 39.2 Å². The summed E-state index contributed by atoms with van der Waals surface area (Å²) in [4.78, 5) is 11.7. The van der Waals surface area contributed by atoms with Crippen LogP contribution >= 0.6 is 23.2 Å². The molecule has 1 atom stereocenters. The van der Waals surface area contributed by atoms with Crippen molar-refractivity contribution in [3.8, 4) is 0 Å². The minimum Gasteiger partial charge on any atom is -0.469 e. The fourth-order valence-electron chi connectivity index (χ4n) is 3.42. The second-order valence-electron chi connectivity index (χ2n) is 6.78. The fourth-order valence-corrected chi connectivity index (χ4v) is 5.33. The highest BCUT2D eigenvalue weighted by molar-refractivity contribution is 7.89. The summed E-state index contributed by atoms with van der Waals surface area (Å²) in [5, 5.41) is 0.534. The lowest BCUT2D eigenvalue weighted by molar-refractivity contribution is -0.139. The zero-order valence-electron chi connectivity index (χ0n) is 15.4. The molecule has 2 aromatic rings. The van der Waals surface area contributed by atoms with Crippen LogP contribution < -0.4 is 0 Å². The summed E-state index contributed by atoms with van der Waals surface area (Å²) in [5.41, 5.74) is 1.88. The Hall–Kier alpha value is -1.60. The van der Waals surface area contributed by atoms with E-state index in [0.717, 1.165) is 24.0 Å². The van der Waals surface area contributed by atoms with E-state index >= 15 is 0 Å². The number of esters is 1. The van der Waals surface area contributed by atoms with Crippen molar-refractivity contribution in [2.75, 3.05) is 20.2 Å². The Balaban J connectivity index is 1.81. The fraction of sp³-hybridized carbons (Fsp3) is 0.350. The summed E-state index contributed by atoms with van der Waals surface area (Å²) >= 11 is 11.9. The summed E-state index contributed by atoms with van der Waals surface area (Å²) in [6.07, 6.45) is 1.84. The topological polar surface area (TPSA) is 63.7 Å². The van der Waals surface area contributed by atoms with Gasteiger partial charge in [-0.05, 0) is 48.1 Å². The van der Waals surface area contributed by atoms with Crippen LogP contribution in [0.2, 0.25) is 10.0 Å². The molecule has 28 heavy (non-hydrogen) atoms. The van der Waals surface area contributed by atoms with E-state index in [1.165, 1.54) is 29.6 Å². The molecule has 1 fully saturated rings. The van der Waals surface area contributed by atoms with Gasteiger partial charge in [0.2, 0.25) is 10.0 Å². The number of sulfonamides is 1. The summed E-state index contributed by atoms with van der Waals surface area (Å²) in [6.45, 7) is 0.838. The van der Waals surface area contributed by atoms with Crippen LogP contribution in [0.25, 0.3) is 0 Å². The van der Waals surface area contributed by atoms with Crippen LogP contribution in [0.1, 0.15) is 29.9 Å². The molecular formula is C20H21Cl2NO4S. The van der Waals surface area contributed by atoms with Crippen LogP contribution in [0.4, 0.5) is 0 Å². The summed E-state index contributed by atoms with van der Waals surface area (Å²) in [7, 11) is -2.30. The van der Waals surface area contributed by atoms with Gasteiger partial charge in [-0.2, -0.15) is 4.31 Å². The number of methoxy groups -OCH3 is 1. The van der Waals surface area contributed by atoms with Gasteiger partial charge in [0.25, 0.3) is 0 Å². The molecule has 8 heteroatoms. The van der Waals surface area contributed by atoms with Gasteiger partial charge >= 0.3 is 5.97 Å². The summed E-state index contributed by atoms with van der Waals surface area (Å²) in [6, 6.07) is 12.0. The Labute approximate surface area is 175 Å². The van der Waals surface area contributed by atoms with Gasteiger partial charge in [0.1, 0.15) is 0 Å². The van der Waals surface area contributed by atoms with E-state index in [1.807, 2.05) is 24.3 Å². The van der Waals surface area contributed by atoms with Crippen LogP contribution in [0, 0.1) is 0 Å². The highest BCUT2D eigenvalue weighted by atomic mass is 35.5. The number of carbonyl (C=O) groups excluding carboxylic acids is 1. The molecule has 5 nitrogen and oxygen atoms in total. The Kier molecular flexibility index (Phi) is 6.65. The molecule has 0 radical (unpaired) electrons. The molecule has 1 aliphatic rings. The number of piperidine rings is 1. The molecule has 1 aliphatic heterocycles. The third-order valence-electron chi connectivity index (χ3n) is 4.91. The van der Waals surface area contributed by atoms with E-state index in [9.17, 15) is 13.2 Å². The van der Waals surface area contributed by atoms with Crippen molar-refractivity contribution in [3.63, 3.8) is 0 Å². The van der Waals surface area contributed by atoms with Crippen molar-refractivity contribution in [1.29, 1.82) is 0 Å². The molecular weight excluding hydrogens is 421 g/mol. The third-order valence-corrected chi connectivity index (χ3v) is 7.51. The van der Waals surface area contributed by atoms with Gasteiger partial charge in [-0.1, -0.05) is 47.5 Å². The molecule has 0 aliphatic carbocycles. The Bertz CT molecular complexity index is 978. The van der Waals surface area contributed by atoms with E-state index < -0.39 is 10.0 Å². The zero-order chi connectivity index (χ0) is 20.3. The number of rotatable bonds is 5. The number of benzene rings is 2. The highest BCUT2D eigenvalue weighted by Gasteiger charge is 2.31. The lowest BCUT2D eigenvalue weighted by Crippen LogP contribution is -2.39. The minimum atomic E-state index is -3.66.